The third kappa shape index (κ3) is 8.34. The lowest BCUT2D eigenvalue weighted by Crippen LogP contribution is -2.41. The quantitative estimate of drug-likeness (QED) is 0.168. The summed E-state index contributed by atoms with van der Waals surface area (Å²) in [6.07, 6.45) is 1.85. The van der Waals surface area contributed by atoms with Crippen LogP contribution in [0, 0.1) is 43.7 Å². The fourth-order valence-electron chi connectivity index (χ4n) is 7.31. The largest absolute Gasteiger partial charge is 0.481 e. The predicted octanol–water partition coefficient (Wildman–Crippen LogP) is 6.35. The Bertz CT molecular complexity index is 1910. The molecule has 3 aromatic rings. The first kappa shape index (κ1) is 37.7. The standard InChI is InChI=1S/C38H40F5N3O5/c1-6-23-12-25(35-21(4)10-26(39)11-22(35)5)13-29(36(23)40)31(16-34(48)49)44-37(50)32(9-20(2)3)46-17-24(30(15-33(46)47)38(41,42)43)7-8-45-18-28-14-27(45)19-51-28/h1,10-13,15,17,20,27-28,31-32H,7-9,14,16,18-19H2,2-5H3,(H,44,50)(H,48,49)/t27-,28-,31-,32-/m0/s1. The summed E-state index contributed by atoms with van der Waals surface area (Å²) in [5.41, 5.74) is -0.910. The van der Waals surface area contributed by atoms with Crippen molar-refractivity contribution in [3.05, 3.63) is 91.9 Å². The topological polar surface area (TPSA) is 101 Å². The molecule has 2 fully saturated rings. The molecule has 272 valence electrons. The maximum atomic E-state index is 15.9. The number of hydrogen-bond acceptors (Lipinski definition) is 5. The maximum absolute atomic E-state index is 15.9. The minimum absolute atomic E-state index is 0.00432. The van der Waals surface area contributed by atoms with Crippen LogP contribution in [0.3, 0.4) is 0 Å². The number of morpholine rings is 1. The Hall–Kier alpha value is -4.54. The smallest absolute Gasteiger partial charge is 0.416 e. The van der Waals surface area contributed by atoms with Gasteiger partial charge in [-0.2, -0.15) is 13.2 Å². The molecule has 2 aliphatic heterocycles. The highest BCUT2D eigenvalue weighted by molar-refractivity contribution is 5.82. The van der Waals surface area contributed by atoms with Gasteiger partial charge in [-0.05, 0) is 91.1 Å². The highest BCUT2D eigenvalue weighted by atomic mass is 19.4. The van der Waals surface area contributed by atoms with Crippen LogP contribution in [0.1, 0.15) is 78.6 Å². The van der Waals surface area contributed by atoms with Gasteiger partial charge in [-0.25, -0.2) is 8.78 Å². The van der Waals surface area contributed by atoms with Crippen LogP contribution in [0.4, 0.5) is 22.0 Å². The van der Waals surface area contributed by atoms with E-state index in [1.165, 1.54) is 24.3 Å². The van der Waals surface area contributed by atoms with Crippen LogP contribution >= 0.6 is 0 Å². The average Bonchev–Trinajstić information content (AvgIpc) is 3.66. The Morgan fingerprint density at radius 2 is 1.80 bits per heavy atom. The number of fused-ring (bicyclic) bond motifs is 2. The number of aliphatic carboxylic acids is 1. The molecule has 0 radical (unpaired) electrons. The highest BCUT2D eigenvalue weighted by Crippen LogP contribution is 2.36. The summed E-state index contributed by atoms with van der Waals surface area (Å²) < 4.78 is 79.2. The number of benzene rings is 2. The second-order valence-corrected chi connectivity index (χ2v) is 13.8. The van der Waals surface area contributed by atoms with Crippen LogP contribution < -0.4 is 10.9 Å². The first-order valence-electron chi connectivity index (χ1n) is 16.7. The third-order valence-corrected chi connectivity index (χ3v) is 9.60. The van der Waals surface area contributed by atoms with E-state index in [4.69, 9.17) is 11.2 Å². The minimum atomic E-state index is -4.83. The summed E-state index contributed by atoms with van der Waals surface area (Å²) in [6, 6.07) is 3.00. The predicted molar refractivity (Wildman–Crippen MR) is 180 cm³/mol. The van der Waals surface area contributed by atoms with Gasteiger partial charge in [-0.3, -0.25) is 19.3 Å². The van der Waals surface area contributed by atoms with Crippen LogP contribution in [0.5, 0.6) is 0 Å². The Labute approximate surface area is 292 Å². The van der Waals surface area contributed by atoms with E-state index in [1.54, 1.807) is 27.7 Å². The van der Waals surface area contributed by atoms with Gasteiger partial charge in [0.25, 0.3) is 5.56 Å². The fraction of sp³-hybridized carbons (Fsp3) is 0.447. The van der Waals surface area contributed by atoms with Crippen LogP contribution in [0.25, 0.3) is 11.1 Å². The number of terminal acetylenes is 1. The summed E-state index contributed by atoms with van der Waals surface area (Å²) in [7, 11) is 0. The number of nitrogens with zero attached hydrogens (tertiary/aromatic N) is 2. The molecular formula is C38H40F5N3O5. The Morgan fingerprint density at radius 3 is 2.35 bits per heavy atom. The summed E-state index contributed by atoms with van der Waals surface area (Å²) in [5.74, 6) is -1.72. The van der Waals surface area contributed by atoms with Gasteiger partial charge in [0.15, 0.2) is 0 Å². The van der Waals surface area contributed by atoms with Crippen LogP contribution in [-0.2, 0) is 26.9 Å². The third-order valence-electron chi connectivity index (χ3n) is 9.60. The van der Waals surface area contributed by atoms with E-state index in [1.807, 2.05) is 0 Å². The number of amides is 1. The number of carboxylic acid groups (broad SMARTS) is 1. The van der Waals surface area contributed by atoms with E-state index >= 15 is 4.39 Å². The number of aryl methyl sites for hydroxylation is 2. The van der Waals surface area contributed by atoms with Crippen molar-refractivity contribution < 1.29 is 41.4 Å². The van der Waals surface area contributed by atoms with Crippen molar-refractivity contribution in [2.45, 2.75) is 83.8 Å². The van der Waals surface area contributed by atoms with Crippen molar-refractivity contribution in [3.8, 4) is 23.5 Å². The number of alkyl halides is 3. The number of halogens is 5. The van der Waals surface area contributed by atoms with E-state index in [-0.39, 0.29) is 54.1 Å². The molecule has 0 saturated carbocycles. The Balaban J connectivity index is 1.54. The van der Waals surface area contributed by atoms with Gasteiger partial charge in [-0.15, -0.1) is 6.42 Å². The molecule has 2 bridgehead atoms. The zero-order valence-electron chi connectivity index (χ0n) is 28.7. The lowest BCUT2D eigenvalue weighted by Gasteiger charge is -2.28. The van der Waals surface area contributed by atoms with Crippen molar-refractivity contribution >= 4 is 11.9 Å². The summed E-state index contributed by atoms with van der Waals surface area (Å²) in [5, 5.41) is 12.4. The SMILES string of the molecule is C#Cc1cc(-c2c(C)cc(F)cc2C)cc([C@H](CC(=O)O)NC(=O)[C@H](CC(C)C)n2cc(CCN3C[C@@H]4C[C@H]3CO4)c(C(F)(F)F)cc2=O)c1F. The number of aromatic nitrogens is 1. The summed E-state index contributed by atoms with van der Waals surface area (Å²) in [6.45, 7) is 8.19. The van der Waals surface area contributed by atoms with E-state index in [0.29, 0.717) is 41.5 Å². The molecular weight excluding hydrogens is 673 g/mol. The Kier molecular flexibility index (Phi) is 11.1. The lowest BCUT2D eigenvalue weighted by atomic mass is 9.90. The molecule has 1 aromatic heterocycles. The normalized spacial score (nSPS) is 18.5. The molecule has 5 rings (SSSR count). The van der Waals surface area contributed by atoms with E-state index < -0.39 is 59.3 Å². The van der Waals surface area contributed by atoms with Crippen LogP contribution in [-0.4, -0.2) is 58.3 Å². The molecule has 13 heteroatoms. The van der Waals surface area contributed by atoms with Crippen molar-refractivity contribution in [3.63, 3.8) is 0 Å². The number of rotatable bonds is 12. The molecule has 3 heterocycles. The number of hydrogen-bond donors (Lipinski definition) is 2. The van der Waals surface area contributed by atoms with Crippen molar-refractivity contribution in [2.75, 3.05) is 19.7 Å². The van der Waals surface area contributed by atoms with Gasteiger partial charge in [0, 0.05) is 37.0 Å². The Morgan fingerprint density at radius 1 is 1.12 bits per heavy atom. The van der Waals surface area contributed by atoms with Crippen LogP contribution in [0.2, 0.25) is 0 Å². The van der Waals surface area contributed by atoms with E-state index in [9.17, 15) is 37.1 Å². The summed E-state index contributed by atoms with van der Waals surface area (Å²) >= 11 is 0. The molecule has 2 aromatic carbocycles. The number of carbonyl (C=O) groups is 2. The fourth-order valence-corrected chi connectivity index (χ4v) is 7.31. The van der Waals surface area contributed by atoms with E-state index in [0.717, 1.165) is 17.2 Å². The second kappa shape index (κ2) is 15.0. The molecule has 0 spiro atoms. The average molecular weight is 714 g/mol. The molecule has 0 aliphatic carbocycles. The molecule has 1 amide bonds. The van der Waals surface area contributed by atoms with Gasteiger partial charge in [0.2, 0.25) is 5.91 Å². The lowest BCUT2D eigenvalue weighted by molar-refractivity contribution is -0.139. The van der Waals surface area contributed by atoms with E-state index in [2.05, 4.69) is 16.1 Å². The second-order valence-electron chi connectivity index (χ2n) is 13.8. The number of nitrogens with one attached hydrogen (secondary N) is 1. The first-order chi connectivity index (χ1) is 24.0. The van der Waals surface area contributed by atoms with Crippen molar-refractivity contribution in [1.82, 2.24) is 14.8 Å². The zero-order chi connectivity index (χ0) is 37.4. The number of carboxylic acids is 1. The molecule has 2 saturated heterocycles. The van der Waals surface area contributed by atoms with Crippen molar-refractivity contribution in [2.24, 2.45) is 5.92 Å². The minimum Gasteiger partial charge on any atom is -0.481 e. The van der Waals surface area contributed by atoms with Crippen molar-refractivity contribution in [1.29, 1.82) is 0 Å². The number of pyridine rings is 1. The molecule has 2 aliphatic rings. The number of likely N-dealkylation sites (tertiary alicyclic amines) is 1. The van der Waals surface area contributed by atoms with Gasteiger partial charge in [-0.1, -0.05) is 19.8 Å². The number of carbonyl (C=O) groups excluding carboxylic acids is 1. The number of ether oxygens (including phenoxy) is 1. The maximum Gasteiger partial charge on any atom is 0.416 e. The molecule has 51 heavy (non-hydrogen) atoms. The first-order valence-corrected chi connectivity index (χ1v) is 16.7. The molecule has 4 atom stereocenters. The van der Waals surface area contributed by atoms with Gasteiger partial charge in [0.1, 0.15) is 17.7 Å². The molecule has 0 unspecified atom stereocenters. The van der Waals surface area contributed by atoms with Gasteiger partial charge < -0.3 is 19.7 Å². The highest BCUT2D eigenvalue weighted by Gasteiger charge is 2.40. The zero-order valence-corrected chi connectivity index (χ0v) is 28.7. The monoisotopic (exact) mass is 713 g/mol. The van der Waals surface area contributed by atoms with Gasteiger partial charge >= 0.3 is 12.1 Å². The molecule has 2 N–H and O–H groups in total. The molecule has 8 nitrogen and oxygen atoms in total. The van der Waals surface area contributed by atoms with Crippen LogP contribution in [0.15, 0.2) is 41.3 Å². The summed E-state index contributed by atoms with van der Waals surface area (Å²) in [4.78, 5) is 41.6. The van der Waals surface area contributed by atoms with Gasteiger partial charge in [0.05, 0.1) is 36.3 Å².